The molecule has 0 spiro atoms. The van der Waals surface area contributed by atoms with Crippen LogP contribution in [0.15, 0.2) is 47.9 Å². The van der Waals surface area contributed by atoms with E-state index in [9.17, 15) is 0 Å². The number of piperidine rings is 1. The molecule has 0 unspecified atom stereocenters. The Bertz CT molecular complexity index is 1420. The lowest BCUT2D eigenvalue weighted by molar-refractivity contribution is 0.215. The van der Waals surface area contributed by atoms with Crippen LogP contribution in [0.4, 0.5) is 0 Å². The van der Waals surface area contributed by atoms with Crippen LogP contribution in [0.5, 0.6) is 11.5 Å². The van der Waals surface area contributed by atoms with Crippen molar-refractivity contribution in [1.29, 1.82) is 0 Å². The Balaban J connectivity index is 1.58. The third-order valence-corrected chi connectivity index (χ3v) is 6.85. The molecule has 0 bridgehead atoms. The number of benzene rings is 1. The Morgan fingerprint density at radius 2 is 1.75 bits per heavy atom. The molecule has 1 aromatic carbocycles. The summed E-state index contributed by atoms with van der Waals surface area (Å²) in [6.45, 7) is 3.04. The third-order valence-electron chi connectivity index (χ3n) is 6.85. The molecule has 8 nitrogen and oxygen atoms in total. The van der Waals surface area contributed by atoms with Crippen molar-refractivity contribution >= 4 is 33.7 Å². The van der Waals surface area contributed by atoms with Gasteiger partial charge in [0.05, 0.1) is 37.2 Å². The number of pyridine rings is 2. The predicted molar refractivity (Wildman–Crippen MR) is 146 cm³/mol. The Hall–Kier alpha value is -3.91. The number of fused-ring (bicyclic) bond motifs is 3. The maximum absolute atomic E-state index is 5.84. The van der Waals surface area contributed by atoms with Crippen LogP contribution in [0.3, 0.4) is 0 Å². The van der Waals surface area contributed by atoms with Gasteiger partial charge in [0.25, 0.3) is 0 Å². The summed E-state index contributed by atoms with van der Waals surface area (Å²) < 4.78 is 11.7. The molecule has 0 saturated carbocycles. The first kappa shape index (κ1) is 23.8. The van der Waals surface area contributed by atoms with Gasteiger partial charge >= 0.3 is 0 Å². The lowest BCUT2D eigenvalue weighted by atomic mass is 10.0. The largest absolute Gasteiger partial charge is 0.496 e. The fourth-order valence-electron chi connectivity index (χ4n) is 4.97. The topological polar surface area (TPSA) is 102 Å². The molecule has 0 amide bonds. The lowest BCUT2D eigenvalue weighted by Gasteiger charge is -2.28. The number of allylic oxidation sites excluding steroid dienone is 1. The number of hydrogen-bond donors (Lipinski definition) is 2. The molecule has 1 saturated heterocycles. The van der Waals surface area contributed by atoms with Gasteiger partial charge in [-0.25, -0.2) is 4.98 Å². The van der Waals surface area contributed by atoms with Gasteiger partial charge in [-0.05, 0) is 55.8 Å². The first-order valence-electron chi connectivity index (χ1n) is 12.2. The minimum Gasteiger partial charge on any atom is -0.496 e. The van der Waals surface area contributed by atoms with E-state index < -0.39 is 0 Å². The molecule has 0 radical (unpaired) electrons. The minimum atomic E-state index is 0.757. The second kappa shape index (κ2) is 10.4. The molecule has 1 aliphatic rings. The highest BCUT2D eigenvalue weighted by atomic mass is 16.5. The number of nitrogens with zero attached hydrogens (tertiary/aromatic N) is 4. The number of H-pyrrole nitrogens is 1. The zero-order valence-electron chi connectivity index (χ0n) is 21.0. The molecule has 8 heteroatoms. The maximum atomic E-state index is 5.84. The van der Waals surface area contributed by atoms with Crippen LogP contribution in [0, 0.1) is 0 Å². The standard InChI is InChI=1S/C28H32N6O2/c1-30-14-20(13-29)24-12-21-22-9-19(15-32-28(22)33-25(21)16-31-24)18-10-26(35-2)23(27(11-18)36-3)17-34-7-5-4-6-8-34/h9-16H,4-8,17,29H2,1-3H3,(H,32,33). The SMILES string of the molecule is CN=CC(=CN)c1cc2c(cn1)[nH]c1ncc(-c3cc(OC)c(CN4CCCCC4)c(OC)c3)cc12. The molecule has 4 heterocycles. The van der Waals surface area contributed by atoms with E-state index in [2.05, 4.69) is 38.1 Å². The molecule has 1 aliphatic heterocycles. The Morgan fingerprint density at radius 1 is 1.00 bits per heavy atom. The second-order valence-corrected chi connectivity index (χ2v) is 9.07. The number of methoxy groups -OCH3 is 2. The summed E-state index contributed by atoms with van der Waals surface area (Å²) in [6.07, 6.45) is 10.7. The highest BCUT2D eigenvalue weighted by Crippen LogP contribution is 2.37. The van der Waals surface area contributed by atoms with E-state index in [0.29, 0.717) is 0 Å². The molecule has 0 atom stereocenters. The number of hydrogen-bond acceptors (Lipinski definition) is 7. The summed E-state index contributed by atoms with van der Waals surface area (Å²) in [6, 6.07) is 8.32. The Morgan fingerprint density at radius 3 is 2.42 bits per heavy atom. The van der Waals surface area contributed by atoms with Crippen LogP contribution in [-0.4, -0.2) is 60.4 Å². The summed E-state index contributed by atoms with van der Waals surface area (Å²) in [5, 5.41) is 2.03. The van der Waals surface area contributed by atoms with E-state index in [4.69, 9.17) is 20.2 Å². The van der Waals surface area contributed by atoms with Gasteiger partial charge in [0.2, 0.25) is 0 Å². The van der Waals surface area contributed by atoms with Crippen molar-refractivity contribution in [2.24, 2.45) is 10.7 Å². The number of nitrogens with one attached hydrogen (secondary N) is 1. The fourth-order valence-corrected chi connectivity index (χ4v) is 4.97. The number of ether oxygens (including phenoxy) is 2. The number of likely N-dealkylation sites (tertiary alicyclic amines) is 1. The lowest BCUT2D eigenvalue weighted by Crippen LogP contribution is -2.29. The van der Waals surface area contributed by atoms with Crippen LogP contribution in [0.25, 0.3) is 38.6 Å². The monoisotopic (exact) mass is 484 g/mol. The van der Waals surface area contributed by atoms with E-state index in [1.807, 2.05) is 12.3 Å². The molecule has 4 aromatic rings. The third kappa shape index (κ3) is 4.52. The van der Waals surface area contributed by atoms with Gasteiger partial charge in [-0.15, -0.1) is 0 Å². The molecule has 36 heavy (non-hydrogen) atoms. The van der Waals surface area contributed by atoms with Crippen LogP contribution in [-0.2, 0) is 6.54 Å². The normalized spacial score (nSPS) is 15.2. The number of aromatic amines is 1. The number of nitrogens with two attached hydrogens (primary N) is 1. The van der Waals surface area contributed by atoms with Gasteiger partial charge in [0.1, 0.15) is 17.1 Å². The van der Waals surface area contributed by atoms with Gasteiger partial charge in [-0.3, -0.25) is 14.9 Å². The van der Waals surface area contributed by atoms with Crippen molar-refractivity contribution in [3.8, 4) is 22.6 Å². The van der Waals surface area contributed by atoms with Crippen molar-refractivity contribution < 1.29 is 9.47 Å². The number of rotatable bonds is 7. The van der Waals surface area contributed by atoms with E-state index in [-0.39, 0.29) is 0 Å². The summed E-state index contributed by atoms with van der Waals surface area (Å²) in [4.78, 5) is 19.2. The molecule has 1 fully saturated rings. The van der Waals surface area contributed by atoms with E-state index in [0.717, 1.165) is 81.0 Å². The Kier molecular flexibility index (Phi) is 6.86. The van der Waals surface area contributed by atoms with Gasteiger partial charge < -0.3 is 20.2 Å². The minimum absolute atomic E-state index is 0.757. The number of aliphatic imine (C=N–C) groups is 1. The Labute approximate surface area is 210 Å². The van der Waals surface area contributed by atoms with Gasteiger partial charge in [-0.2, -0.15) is 0 Å². The van der Waals surface area contributed by atoms with Crippen LogP contribution >= 0.6 is 0 Å². The average Bonchev–Trinajstić information content (AvgIpc) is 3.29. The zero-order valence-corrected chi connectivity index (χ0v) is 21.0. The quantitative estimate of drug-likeness (QED) is 0.366. The summed E-state index contributed by atoms with van der Waals surface area (Å²) in [5.41, 5.74) is 12.1. The highest BCUT2D eigenvalue weighted by Gasteiger charge is 2.19. The van der Waals surface area contributed by atoms with Crippen LogP contribution in [0.2, 0.25) is 0 Å². The summed E-state index contributed by atoms with van der Waals surface area (Å²) >= 11 is 0. The second-order valence-electron chi connectivity index (χ2n) is 9.07. The first-order chi connectivity index (χ1) is 17.6. The fraction of sp³-hybridized carbons (Fsp3) is 0.321. The molecular formula is C28H32N6O2. The van der Waals surface area contributed by atoms with E-state index in [1.54, 1.807) is 33.7 Å². The smallest absolute Gasteiger partial charge is 0.138 e. The zero-order chi connectivity index (χ0) is 25.1. The molecule has 3 aromatic heterocycles. The van der Waals surface area contributed by atoms with Crippen molar-refractivity contribution in [2.45, 2.75) is 25.8 Å². The average molecular weight is 485 g/mol. The maximum Gasteiger partial charge on any atom is 0.138 e. The van der Waals surface area contributed by atoms with Gasteiger partial charge in [0, 0.05) is 54.1 Å². The van der Waals surface area contributed by atoms with Crippen molar-refractivity contribution in [2.75, 3.05) is 34.4 Å². The molecule has 3 N–H and O–H groups in total. The summed E-state index contributed by atoms with van der Waals surface area (Å²) in [7, 11) is 5.15. The molecule has 186 valence electrons. The van der Waals surface area contributed by atoms with E-state index >= 15 is 0 Å². The van der Waals surface area contributed by atoms with E-state index in [1.165, 1.54) is 25.5 Å². The molecule has 5 rings (SSSR count). The summed E-state index contributed by atoms with van der Waals surface area (Å²) in [5.74, 6) is 1.66. The highest BCUT2D eigenvalue weighted by molar-refractivity contribution is 6.12. The van der Waals surface area contributed by atoms with Crippen molar-refractivity contribution in [3.63, 3.8) is 0 Å². The molecule has 0 aliphatic carbocycles. The first-order valence-corrected chi connectivity index (χ1v) is 12.2. The van der Waals surface area contributed by atoms with Gasteiger partial charge in [-0.1, -0.05) is 6.42 Å². The van der Waals surface area contributed by atoms with Crippen molar-refractivity contribution in [1.82, 2.24) is 19.9 Å². The molecular weight excluding hydrogens is 452 g/mol. The van der Waals surface area contributed by atoms with Crippen molar-refractivity contribution in [3.05, 3.63) is 54.1 Å². The van der Waals surface area contributed by atoms with Crippen LogP contribution < -0.4 is 15.2 Å². The predicted octanol–water partition coefficient (Wildman–Crippen LogP) is 4.78. The van der Waals surface area contributed by atoms with Crippen LogP contribution in [0.1, 0.15) is 30.5 Å². The number of aromatic nitrogens is 3. The van der Waals surface area contributed by atoms with Gasteiger partial charge in [0.15, 0.2) is 0 Å².